The monoisotopic (exact) mass is 255 g/mol. The Morgan fingerprint density at radius 1 is 1.11 bits per heavy atom. The highest BCUT2D eigenvalue weighted by Gasteiger charge is 2.10. The Kier molecular flexibility index (Phi) is 3.42. The van der Waals surface area contributed by atoms with Crippen LogP contribution in [0.5, 0.6) is 0 Å². The number of nitrogen functional groups attached to an aromatic ring is 1. The molecule has 0 saturated carbocycles. The molecule has 1 amide bonds. The van der Waals surface area contributed by atoms with Crippen LogP contribution in [0, 0.1) is 13.8 Å². The van der Waals surface area contributed by atoms with Crippen molar-refractivity contribution in [3.8, 4) is 0 Å². The van der Waals surface area contributed by atoms with Gasteiger partial charge in [-0.1, -0.05) is 18.2 Å². The lowest BCUT2D eigenvalue weighted by molar-refractivity contribution is 0.100. The quantitative estimate of drug-likeness (QED) is 0.737. The highest BCUT2D eigenvalue weighted by atomic mass is 16.1. The fraction of sp³-hybridized carbons (Fsp3) is 0.133. The van der Waals surface area contributed by atoms with Gasteiger partial charge in [0.25, 0.3) is 5.91 Å². The molecule has 0 aliphatic rings. The molecular weight excluding hydrogens is 238 g/mol. The lowest BCUT2D eigenvalue weighted by Gasteiger charge is -2.15. The van der Waals surface area contributed by atoms with Crippen LogP contribution in [0.15, 0.2) is 36.4 Å². The van der Waals surface area contributed by atoms with Crippen LogP contribution >= 0.6 is 0 Å². The summed E-state index contributed by atoms with van der Waals surface area (Å²) in [6.07, 6.45) is 0. The average Bonchev–Trinajstić information content (AvgIpc) is 2.35. The van der Waals surface area contributed by atoms with Gasteiger partial charge in [0, 0.05) is 11.4 Å². The zero-order valence-electron chi connectivity index (χ0n) is 11.0. The molecule has 0 heterocycles. The first-order valence-electron chi connectivity index (χ1n) is 6.01. The molecule has 0 radical (unpaired) electrons. The minimum atomic E-state index is -0.499. The zero-order chi connectivity index (χ0) is 14.0. The summed E-state index contributed by atoms with van der Waals surface area (Å²) in [6.45, 7) is 4.02. The maximum Gasteiger partial charge on any atom is 0.250 e. The predicted octanol–water partition coefficient (Wildman–Crippen LogP) is 2.73. The van der Waals surface area contributed by atoms with Crippen molar-refractivity contribution >= 4 is 23.0 Å². The minimum Gasteiger partial charge on any atom is -0.399 e. The summed E-state index contributed by atoms with van der Waals surface area (Å²) in [5.41, 5.74) is 15.8. The third-order valence-corrected chi connectivity index (χ3v) is 3.05. The first-order valence-corrected chi connectivity index (χ1v) is 6.01. The van der Waals surface area contributed by atoms with Gasteiger partial charge in [-0.15, -0.1) is 0 Å². The van der Waals surface area contributed by atoms with E-state index in [1.54, 1.807) is 18.2 Å². The van der Waals surface area contributed by atoms with E-state index >= 15 is 0 Å². The van der Waals surface area contributed by atoms with E-state index in [-0.39, 0.29) is 0 Å². The number of hydrogen-bond donors (Lipinski definition) is 3. The van der Waals surface area contributed by atoms with E-state index < -0.39 is 5.91 Å². The van der Waals surface area contributed by atoms with Crippen molar-refractivity contribution in [1.29, 1.82) is 0 Å². The van der Waals surface area contributed by atoms with Crippen LogP contribution in [0.2, 0.25) is 0 Å². The molecule has 0 atom stereocenters. The molecule has 2 aromatic rings. The van der Waals surface area contributed by atoms with E-state index in [1.807, 2.05) is 32.0 Å². The maximum atomic E-state index is 11.5. The molecule has 0 aromatic heterocycles. The highest BCUT2D eigenvalue weighted by Crippen LogP contribution is 2.27. The van der Waals surface area contributed by atoms with E-state index in [0.29, 0.717) is 16.9 Å². The van der Waals surface area contributed by atoms with Crippen molar-refractivity contribution in [3.05, 3.63) is 53.1 Å². The number of carbonyl (C=O) groups is 1. The second-order valence-electron chi connectivity index (χ2n) is 4.56. The van der Waals surface area contributed by atoms with Crippen LogP contribution in [0.25, 0.3) is 0 Å². The van der Waals surface area contributed by atoms with Gasteiger partial charge in [-0.05, 0) is 43.2 Å². The number of para-hydroxylation sites is 1. The molecule has 19 heavy (non-hydrogen) atoms. The SMILES string of the molecule is Cc1cccc(C)c1Nc1ccc(N)cc1C(N)=O. The summed E-state index contributed by atoms with van der Waals surface area (Å²) in [7, 11) is 0. The molecule has 2 aromatic carbocycles. The minimum absolute atomic E-state index is 0.391. The number of hydrogen-bond acceptors (Lipinski definition) is 3. The summed E-state index contributed by atoms with van der Waals surface area (Å²) in [4.78, 5) is 11.5. The molecule has 0 unspecified atom stereocenters. The van der Waals surface area contributed by atoms with E-state index in [4.69, 9.17) is 11.5 Å². The van der Waals surface area contributed by atoms with Crippen LogP contribution in [0.3, 0.4) is 0 Å². The van der Waals surface area contributed by atoms with E-state index in [9.17, 15) is 4.79 Å². The molecule has 0 aliphatic carbocycles. The van der Waals surface area contributed by atoms with Gasteiger partial charge in [0.1, 0.15) is 0 Å². The fourth-order valence-electron chi connectivity index (χ4n) is 2.02. The van der Waals surface area contributed by atoms with Gasteiger partial charge in [-0.25, -0.2) is 0 Å². The fourth-order valence-corrected chi connectivity index (χ4v) is 2.02. The van der Waals surface area contributed by atoms with Crippen molar-refractivity contribution in [3.63, 3.8) is 0 Å². The lowest BCUT2D eigenvalue weighted by atomic mass is 10.1. The van der Waals surface area contributed by atoms with Crippen molar-refractivity contribution in [1.82, 2.24) is 0 Å². The molecule has 4 heteroatoms. The van der Waals surface area contributed by atoms with E-state index in [1.165, 1.54) is 0 Å². The third-order valence-electron chi connectivity index (χ3n) is 3.05. The summed E-state index contributed by atoms with van der Waals surface area (Å²) < 4.78 is 0. The van der Waals surface area contributed by atoms with Gasteiger partial charge >= 0.3 is 0 Å². The normalized spacial score (nSPS) is 10.2. The number of rotatable bonds is 3. The Balaban J connectivity index is 2.47. The largest absolute Gasteiger partial charge is 0.399 e. The summed E-state index contributed by atoms with van der Waals surface area (Å²) >= 11 is 0. The predicted molar refractivity (Wildman–Crippen MR) is 78.6 cm³/mol. The van der Waals surface area contributed by atoms with Crippen LogP contribution in [-0.4, -0.2) is 5.91 Å². The lowest BCUT2D eigenvalue weighted by Crippen LogP contribution is -2.14. The van der Waals surface area contributed by atoms with Crippen LogP contribution in [-0.2, 0) is 0 Å². The Hall–Kier alpha value is -2.49. The molecular formula is C15H17N3O. The first-order chi connectivity index (χ1) is 8.99. The van der Waals surface area contributed by atoms with Gasteiger partial charge in [-0.3, -0.25) is 4.79 Å². The standard InChI is InChI=1S/C15H17N3O/c1-9-4-3-5-10(2)14(9)18-13-7-6-11(16)8-12(13)15(17)19/h3-8,18H,16H2,1-2H3,(H2,17,19). The zero-order valence-corrected chi connectivity index (χ0v) is 11.0. The van der Waals surface area contributed by atoms with Crippen molar-refractivity contribution < 1.29 is 4.79 Å². The van der Waals surface area contributed by atoms with E-state index in [0.717, 1.165) is 16.8 Å². The molecule has 0 spiro atoms. The summed E-state index contributed by atoms with van der Waals surface area (Å²) in [6, 6.07) is 11.1. The van der Waals surface area contributed by atoms with Gasteiger partial charge < -0.3 is 16.8 Å². The summed E-state index contributed by atoms with van der Waals surface area (Å²) in [5, 5.41) is 3.26. The molecule has 4 nitrogen and oxygen atoms in total. The molecule has 5 N–H and O–H groups in total. The smallest absolute Gasteiger partial charge is 0.250 e. The Morgan fingerprint density at radius 2 is 1.74 bits per heavy atom. The van der Waals surface area contributed by atoms with Crippen LogP contribution in [0.4, 0.5) is 17.1 Å². The number of nitrogens with two attached hydrogens (primary N) is 2. The molecule has 0 saturated heterocycles. The first kappa shape index (κ1) is 13.0. The van der Waals surface area contributed by atoms with Crippen molar-refractivity contribution in [2.75, 3.05) is 11.1 Å². The summed E-state index contributed by atoms with van der Waals surface area (Å²) in [5.74, 6) is -0.499. The number of amides is 1. The molecule has 0 aliphatic heterocycles. The number of aryl methyl sites for hydroxylation is 2. The Morgan fingerprint density at radius 3 is 2.32 bits per heavy atom. The number of primary amides is 1. The topological polar surface area (TPSA) is 81.1 Å². The maximum absolute atomic E-state index is 11.5. The molecule has 0 fully saturated rings. The van der Waals surface area contributed by atoms with E-state index in [2.05, 4.69) is 5.32 Å². The van der Waals surface area contributed by atoms with Gasteiger partial charge in [0.15, 0.2) is 0 Å². The van der Waals surface area contributed by atoms with Crippen molar-refractivity contribution in [2.24, 2.45) is 5.73 Å². The van der Waals surface area contributed by atoms with Gasteiger partial charge in [-0.2, -0.15) is 0 Å². The Labute approximate surface area is 112 Å². The van der Waals surface area contributed by atoms with Crippen LogP contribution < -0.4 is 16.8 Å². The number of benzene rings is 2. The van der Waals surface area contributed by atoms with Crippen molar-refractivity contribution in [2.45, 2.75) is 13.8 Å². The molecule has 2 rings (SSSR count). The Bertz CT molecular complexity index is 615. The average molecular weight is 255 g/mol. The highest BCUT2D eigenvalue weighted by molar-refractivity contribution is 6.00. The van der Waals surface area contributed by atoms with Crippen LogP contribution in [0.1, 0.15) is 21.5 Å². The molecule has 98 valence electrons. The number of carbonyl (C=O) groups excluding carboxylic acids is 1. The second-order valence-corrected chi connectivity index (χ2v) is 4.56. The van der Waals surface area contributed by atoms with Gasteiger partial charge in [0.05, 0.1) is 11.3 Å². The third kappa shape index (κ3) is 2.68. The van der Waals surface area contributed by atoms with Gasteiger partial charge in [0.2, 0.25) is 0 Å². The second kappa shape index (κ2) is 5.02. The number of nitrogens with one attached hydrogen (secondary N) is 1. The number of anilines is 3. The molecule has 0 bridgehead atoms.